The van der Waals surface area contributed by atoms with Gasteiger partial charge in [-0.15, -0.1) is 0 Å². The summed E-state index contributed by atoms with van der Waals surface area (Å²) >= 11 is 0. The van der Waals surface area contributed by atoms with E-state index < -0.39 is 8.32 Å². The van der Waals surface area contributed by atoms with E-state index >= 15 is 0 Å². The Morgan fingerprint density at radius 3 is 2.10 bits per heavy atom. The van der Waals surface area contributed by atoms with Gasteiger partial charge in [-0.05, 0) is 55.5 Å². The number of aryl methyl sites for hydroxylation is 1. The topological polar surface area (TPSA) is 9.23 Å². The van der Waals surface area contributed by atoms with Crippen molar-refractivity contribution in [1.29, 1.82) is 0 Å². The van der Waals surface area contributed by atoms with Gasteiger partial charge in [-0.1, -0.05) is 50.6 Å². The minimum atomic E-state index is -1.74. The van der Waals surface area contributed by atoms with Gasteiger partial charge in [0.25, 0.3) is 0 Å². The molecule has 0 N–H and O–H groups in total. The van der Waals surface area contributed by atoms with Gasteiger partial charge >= 0.3 is 0 Å². The molecule has 1 aliphatic rings. The molecule has 0 aromatic heterocycles. The maximum absolute atomic E-state index is 6.66. The first-order valence-corrected chi connectivity index (χ1v) is 11.1. The van der Waals surface area contributed by atoms with Gasteiger partial charge in [0.15, 0.2) is 0 Å². The Balaban J connectivity index is 2.35. The molecule has 1 aliphatic carbocycles. The Hall–Kier alpha value is -1.02. The third-order valence-electron chi connectivity index (χ3n) is 5.00. The van der Waals surface area contributed by atoms with Crippen LogP contribution in [-0.4, -0.2) is 8.32 Å². The van der Waals surface area contributed by atoms with Gasteiger partial charge in [-0.2, -0.15) is 0 Å². The Bertz CT molecular complexity index is 517. The highest BCUT2D eigenvalue weighted by Crippen LogP contribution is 2.42. The maximum Gasteiger partial charge on any atom is 0.250 e. The monoisotopic (exact) mass is 302 g/mol. The van der Waals surface area contributed by atoms with Gasteiger partial charge < -0.3 is 4.43 Å². The molecule has 0 atom stereocenters. The van der Waals surface area contributed by atoms with Crippen molar-refractivity contribution in [1.82, 2.24) is 0 Å². The molecule has 21 heavy (non-hydrogen) atoms. The van der Waals surface area contributed by atoms with E-state index in [2.05, 4.69) is 65.1 Å². The van der Waals surface area contributed by atoms with Gasteiger partial charge in [0, 0.05) is 6.42 Å². The average Bonchev–Trinajstić information content (AvgIpc) is 2.39. The highest BCUT2D eigenvalue weighted by atomic mass is 28.4. The molecular weight excluding hydrogens is 272 g/mol. The Morgan fingerprint density at radius 1 is 0.952 bits per heavy atom. The minimum Gasteiger partial charge on any atom is -0.546 e. The average molecular weight is 303 g/mol. The molecule has 1 aromatic rings. The fraction of sp³-hybridized carbons (Fsp3) is 0.579. The van der Waals surface area contributed by atoms with E-state index in [0.29, 0.717) is 0 Å². The molecular formula is C19H30OSi. The highest BCUT2D eigenvalue weighted by Gasteiger charge is 2.40. The molecule has 2 heteroatoms. The second kappa shape index (κ2) is 6.00. The van der Waals surface area contributed by atoms with E-state index in [0.717, 1.165) is 12.8 Å². The maximum atomic E-state index is 6.66. The van der Waals surface area contributed by atoms with Gasteiger partial charge in [-0.25, -0.2) is 0 Å². The van der Waals surface area contributed by atoms with Crippen LogP contribution in [0.15, 0.2) is 30.0 Å². The van der Waals surface area contributed by atoms with Crippen molar-refractivity contribution in [2.45, 2.75) is 71.5 Å². The Kier molecular flexibility index (Phi) is 4.67. The van der Waals surface area contributed by atoms with Crippen LogP contribution in [0.25, 0.3) is 5.57 Å². The fourth-order valence-electron chi connectivity index (χ4n) is 2.51. The lowest BCUT2D eigenvalue weighted by atomic mass is 9.92. The van der Waals surface area contributed by atoms with Crippen LogP contribution in [0, 0.1) is 6.92 Å². The van der Waals surface area contributed by atoms with Crippen LogP contribution >= 0.6 is 0 Å². The predicted molar refractivity (Wildman–Crippen MR) is 94.8 cm³/mol. The smallest absolute Gasteiger partial charge is 0.250 e. The fourth-order valence-corrected chi connectivity index (χ4v) is 3.66. The molecule has 0 unspecified atom stereocenters. The first kappa shape index (κ1) is 16.3. The summed E-state index contributed by atoms with van der Waals surface area (Å²) in [6.45, 7) is 13.8. The number of benzene rings is 1. The van der Waals surface area contributed by atoms with E-state index in [4.69, 9.17) is 4.43 Å². The number of hydrogen-bond donors (Lipinski definition) is 0. The third-order valence-corrected chi connectivity index (χ3v) is 9.37. The van der Waals surface area contributed by atoms with E-state index in [-0.39, 0.29) is 5.04 Å². The number of rotatable bonds is 3. The summed E-state index contributed by atoms with van der Waals surface area (Å²) in [7, 11) is -1.74. The van der Waals surface area contributed by atoms with Crippen LogP contribution in [-0.2, 0) is 4.43 Å². The summed E-state index contributed by atoms with van der Waals surface area (Å²) < 4.78 is 6.66. The molecule has 0 aliphatic heterocycles. The molecule has 1 nitrogen and oxygen atoms in total. The zero-order valence-corrected chi connectivity index (χ0v) is 15.5. The molecule has 0 saturated heterocycles. The van der Waals surface area contributed by atoms with E-state index in [1.165, 1.54) is 35.3 Å². The number of allylic oxidation sites excluding steroid dienone is 2. The quantitative estimate of drug-likeness (QED) is 0.595. The van der Waals surface area contributed by atoms with E-state index in [9.17, 15) is 0 Å². The van der Waals surface area contributed by atoms with Gasteiger partial charge in [0.2, 0.25) is 8.32 Å². The lowest BCUT2D eigenvalue weighted by Gasteiger charge is -2.39. The lowest BCUT2D eigenvalue weighted by molar-refractivity contribution is 0.356. The number of hydrogen-bond acceptors (Lipinski definition) is 1. The molecule has 0 fully saturated rings. The summed E-state index contributed by atoms with van der Waals surface area (Å²) in [5.74, 6) is 1.27. The summed E-state index contributed by atoms with van der Waals surface area (Å²) in [6.07, 6.45) is 4.82. The van der Waals surface area contributed by atoms with Crippen LogP contribution in [0.5, 0.6) is 0 Å². The van der Waals surface area contributed by atoms with E-state index in [1.54, 1.807) is 0 Å². The first-order chi connectivity index (χ1) is 9.71. The summed E-state index contributed by atoms with van der Waals surface area (Å²) in [6, 6.07) is 8.93. The van der Waals surface area contributed by atoms with Crippen molar-refractivity contribution < 1.29 is 4.43 Å². The van der Waals surface area contributed by atoms with Crippen molar-refractivity contribution in [2.24, 2.45) is 0 Å². The van der Waals surface area contributed by atoms with Crippen molar-refractivity contribution in [3.8, 4) is 0 Å². The minimum absolute atomic E-state index is 0.260. The molecule has 1 aromatic carbocycles. The largest absolute Gasteiger partial charge is 0.546 e. The predicted octanol–water partition coefficient (Wildman–Crippen LogP) is 6.30. The van der Waals surface area contributed by atoms with Crippen LogP contribution in [0.1, 0.15) is 57.6 Å². The Labute approximate surface area is 131 Å². The molecule has 2 rings (SSSR count). The molecule has 0 heterocycles. The molecule has 116 valence electrons. The normalized spacial score (nSPS) is 17.0. The lowest BCUT2D eigenvalue weighted by Crippen LogP contribution is -2.40. The summed E-state index contributed by atoms with van der Waals surface area (Å²) in [5, 5.41) is 0.260. The molecule has 0 amide bonds. The first-order valence-electron chi connectivity index (χ1n) is 8.19. The summed E-state index contributed by atoms with van der Waals surface area (Å²) in [4.78, 5) is 0. The SMILES string of the molecule is Cc1ccc(C2=C(O[Si](C)(C)C(C)(C)C)CCCC2)cc1. The van der Waals surface area contributed by atoms with E-state index in [1.807, 2.05) is 0 Å². The van der Waals surface area contributed by atoms with Gasteiger partial charge in [0.05, 0.1) is 5.76 Å². The standard InChI is InChI=1S/C19H30OSi/c1-15-11-13-16(14-12-15)17-9-7-8-10-18(17)20-21(5,6)19(2,3)4/h11-14H,7-10H2,1-6H3. The van der Waals surface area contributed by atoms with Gasteiger partial charge in [0.1, 0.15) is 0 Å². The second-order valence-corrected chi connectivity index (χ2v) is 12.6. The molecule has 0 bridgehead atoms. The third kappa shape index (κ3) is 3.79. The molecule has 0 radical (unpaired) electrons. The van der Waals surface area contributed by atoms with Crippen LogP contribution < -0.4 is 0 Å². The van der Waals surface area contributed by atoms with Crippen molar-refractivity contribution in [3.63, 3.8) is 0 Å². The second-order valence-electron chi connectivity index (χ2n) is 7.84. The zero-order chi connectivity index (χ0) is 15.7. The molecule has 0 spiro atoms. The van der Waals surface area contributed by atoms with Crippen molar-refractivity contribution >= 4 is 13.9 Å². The molecule has 0 saturated carbocycles. The van der Waals surface area contributed by atoms with Gasteiger partial charge in [-0.3, -0.25) is 0 Å². The summed E-state index contributed by atoms with van der Waals surface area (Å²) in [5.41, 5.74) is 4.13. The van der Waals surface area contributed by atoms with Crippen molar-refractivity contribution in [2.75, 3.05) is 0 Å². The van der Waals surface area contributed by atoms with Crippen LogP contribution in [0.2, 0.25) is 18.1 Å². The zero-order valence-electron chi connectivity index (χ0n) is 14.5. The Morgan fingerprint density at radius 2 is 1.52 bits per heavy atom. The van der Waals surface area contributed by atoms with Crippen molar-refractivity contribution in [3.05, 3.63) is 41.2 Å². The van der Waals surface area contributed by atoms with Crippen LogP contribution in [0.4, 0.5) is 0 Å². The highest BCUT2D eigenvalue weighted by molar-refractivity contribution is 6.74. The van der Waals surface area contributed by atoms with Crippen LogP contribution in [0.3, 0.4) is 0 Å².